The molecule has 0 atom stereocenters. The Morgan fingerprint density at radius 3 is 2.49 bits per heavy atom. The molecule has 0 N–H and O–H groups in total. The largest absolute Gasteiger partial charge is 2.00 e. The monoisotopic (exact) mass is 769 g/mol. The van der Waals surface area contributed by atoms with Crippen molar-refractivity contribution in [3.63, 3.8) is 0 Å². The van der Waals surface area contributed by atoms with Crippen molar-refractivity contribution < 1.29 is 25.8 Å². The second-order valence-electron chi connectivity index (χ2n) is 11.9. The summed E-state index contributed by atoms with van der Waals surface area (Å²) in [5, 5.41) is 6.96. The first-order chi connectivity index (χ1) is 21.4. The van der Waals surface area contributed by atoms with Crippen LogP contribution in [0.5, 0.6) is 11.5 Å². The average Bonchev–Trinajstić information content (AvgIpc) is 3.62. The van der Waals surface area contributed by atoms with Gasteiger partial charge >= 0.3 is 21.1 Å². The molecule has 6 heteroatoms. The Bertz CT molecular complexity index is 2160. The molecule has 0 aliphatic rings. The standard InChI is InChI=1S/C39H34N4O.Pt/c1-25(2)19-29-14-13-27(4)39(28(29)5)30-23-41-42(24-30)31-9-8-10-32(21-31)44-33-15-16-35-34-11-6-7-12-36(34)43(37(35)22-33)38-20-26(3)17-18-40-38;/h6-18,20,23-25H,19H2,1-5H3;/q-2;+2. The fraction of sp³-hybridized carbons (Fsp3) is 0.179. The van der Waals surface area contributed by atoms with Crippen LogP contribution in [0.4, 0.5) is 0 Å². The fourth-order valence-corrected chi connectivity index (χ4v) is 6.14. The van der Waals surface area contributed by atoms with Crippen molar-refractivity contribution in [1.82, 2.24) is 19.3 Å². The second kappa shape index (κ2) is 12.5. The average molecular weight is 770 g/mol. The van der Waals surface area contributed by atoms with Gasteiger partial charge in [0.15, 0.2) is 0 Å². The predicted molar refractivity (Wildman–Crippen MR) is 178 cm³/mol. The number of para-hydroxylation sites is 1. The van der Waals surface area contributed by atoms with Crippen LogP contribution in [0.3, 0.4) is 0 Å². The van der Waals surface area contributed by atoms with E-state index >= 15 is 0 Å². The number of fused-ring (bicyclic) bond motifs is 3. The first kappa shape index (κ1) is 30.6. The van der Waals surface area contributed by atoms with E-state index < -0.39 is 0 Å². The van der Waals surface area contributed by atoms with Gasteiger partial charge in [0.2, 0.25) is 0 Å². The summed E-state index contributed by atoms with van der Waals surface area (Å²) in [4.78, 5) is 4.68. The molecule has 0 saturated carbocycles. The van der Waals surface area contributed by atoms with Crippen molar-refractivity contribution in [2.75, 3.05) is 0 Å². The van der Waals surface area contributed by atoms with E-state index in [1.165, 1.54) is 22.3 Å². The number of ether oxygens (including phenoxy) is 1. The van der Waals surface area contributed by atoms with Crippen LogP contribution in [0.1, 0.15) is 36.1 Å². The first-order valence-electron chi connectivity index (χ1n) is 15.1. The Balaban J connectivity index is 0.00000357. The summed E-state index contributed by atoms with van der Waals surface area (Å²) in [6.07, 6.45) is 6.93. The third-order valence-electron chi connectivity index (χ3n) is 8.19. The molecular formula is C39H34N4OPt. The molecule has 0 saturated heterocycles. The van der Waals surface area contributed by atoms with Gasteiger partial charge in [-0.1, -0.05) is 49.7 Å². The van der Waals surface area contributed by atoms with Gasteiger partial charge in [-0.25, -0.2) is 4.98 Å². The van der Waals surface area contributed by atoms with Gasteiger partial charge in [-0.15, -0.1) is 35.7 Å². The van der Waals surface area contributed by atoms with Gasteiger partial charge in [0.25, 0.3) is 0 Å². The molecule has 0 amide bonds. The van der Waals surface area contributed by atoms with Crippen LogP contribution < -0.4 is 4.74 Å². The number of aromatic nitrogens is 4. The van der Waals surface area contributed by atoms with E-state index in [1.54, 1.807) is 0 Å². The van der Waals surface area contributed by atoms with Crippen LogP contribution in [0.2, 0.25) is 0 Å². The Morgan fingerprint density at radius 1 is 0.844 bits per heavy atom. The van der Waals surface area contributed by atoms with Gasteiger partial charge in [-0.3, -0.25) is 4.68 Å². The molecule has 0 fully saturated rings. The van der Waals surface area contributed by atoms with Crippen LogP contribution in [0, 0.1) is 38.8 Å². The molecule has 7 aromatic rings. The van der Waals surface area contributed by atoms with Crippen LogP contribution in [0.25, 0.3) is 44.4 Å². The van der Waals surface area contributed by atoms with Crippen LogP contribution >= 0.6 is 0 Å². The van der Waals surface area contributed by atoms with Gasteiger partial charge in [0.05, 0.1) is 6.20 Å². The number of rotatable bonds is 7. The zero-order valence-corrected chi connectivity index (χ0v) is 28.3. The van der Waals surface area contributed by atoms with Crippen molar-refractivity contribution in [2.45, 2.75) is 41.0 Å². The number of benzene rings is 4. The van der Waals surface area contributed by atoms with E-state index in [-0.39, 0.29) is 21.1 Å². The summed E-state index contributed by atoms with van der Waals surface area (Å²) in [7, 11) is 0. The predicted octanol–water partition coefficient (Wildman–Crippen LogP) is 9.55. The van der Waals surface area contributed by atoms with Crippen molar-refractivity contribution in [1.29, 1.82) is 0 Å². The summed E-state index contributed by atoms with van der Waals surface area (Å²) in [6, 6.07) is 33.8. The Hall–Kier alpha value is -4.47. The Kier molecular flexibility index (Phi) is 8.48. The minimum atomic E-state index is 0. The molecule has 0 aliphatic heterocycles. The van der Waals surface area contributed by atoms with E-state index in [0.29, 0.717) is 17.4 Å². The third-order valence-corrected chi connectivity index (χ3v) is 8.19. The molecule has 45 heavy (non-hydrogen) atoms. The second-order valence-corrected chi connectivity index (χ2v) is 11.9. The molecule has 7 rings (SSSR count). The van der Waals surface area contributed by atoms with E-state index in [9.17, 15) is 0 Å². The topological polar surface area (TPSA) is 44.9 Å². The molecule has 4 aromatic carbocycles. The number of nitrogens with zero attached hydrogens (tertiary/aromatic N) is 4. The Morgan fingerprint density at radius 2 is 1.67 bits per heavy atom. The molecule has 0 unspecified atom stereocenters. The molecule has 3 heterocycles. The van der Waals surface area contributed by atoms with E-state index in [1.807, 2.05) is 47.4 Å². The van der Waals surface area contributed by atoms with E-state index in [4.69, 9.17) is 9.84 Å². The quantitative estimate of drug-likeness (QED) is 0.152. The summed E-state index contributed by atoms with van der Waals surface area (Å²) >= 11 is 0. The van der Waals surface area contributed by atoms with Crippen LogP contribution in [0.15, 0.2) is 97.5 Å². The summed E-state index contributed by atoms with van der Waals surface area (Å²) < 4.78 is 10.4. The maximum atomic E-state index is 6.36. The fourth-order valence-electron chi connectivity index (χ4n) is 6.14. The van der Waals surface area contributed by atoms with Crippen molar-refractivity contribution in [2.24, 2.45) is 5.92 Å². The smallest absolute Gasteiger partial charge is 0.509 e. The van der Waals surface area contributed by atoms with Crippen molar-refractivity contribution in [3.05, 3.63) is 132 Å². The maximum Gasteiger partial charge on any atom is 2.00 e. The van der Waals surface area contributed by atoms with Gasteiger partial charge < -0.3 is 9.30 Å². The van der Waals surface area contributed by atoms with E-state index in [2.05, 4.69) is 111 Å². The molecule has 226 valence electrons. The molecule has 0 bridgehead atoms. The molecule has 0 spiro atoms. The molecular weight excluding hydrogens is 736 g/mol. The summed E-state index contributed by atoms with van der Waals surface area (Å²) in [6.45, 7) is 11.0. The van der Waals surface area contributed by atoms with Gasteiger partial charge in [-0.2, -0.15) is 17.2 Å². The Labute approximate surface area is 278 Å². The summed E-state index contributed by atoms with van der Waals surface area (Å²) in [5.74, 6) is 2.66. The number of aryl methyl sites for hydroxylation is 2. The normalized spacial score (nSPS) is 11.3. The molecule has 5 nitrogen and oxygen atoms in total. The zero-order chi connectivity index (χ0) is 30.4. The minimum absolute atomic E-state index is 0. The number of hydrogen-bond donors (Lipinski definition) is 0. The van der Waals surface area contributed by atoms with E-state index in [0.717, 1.165) is 50.9 Å². The minimum Gasteiger partial charge on any atom is -0.509 e. The number of pyridine rings is 1. The van der Waals surface area contributed by atoms with Gasteiger partial charge in [-0.05, 0) is 90.2 Å². The third kappa shape index (κ3) is 5.85. The van der Waals surface area contributed by atoms with Gasteiger partial charge in [0.1, 0.15) is 5.82 Å². The summed E-state index contributed by atoms with van der Waals surface area (Å²) in [5.41, 5.74) is 10.3. The maximum absolute atomic E-state index is 6.36. The van der Waals surface area contributed by atoms with Crippen LogP contribution in [-0.2, 0) is 27.5 Å². The van der Waals surface area contributed by atoms with Crippen molar-refractivity contribution in [3.8, 4) is 34.1 Å². The molecule has 0 radical (unpaired) electrons. The zero-order valence-electron chi connectivity index (χ0n) is 26.0. The molecule has 0 aliphatic carbocycles. The van der Waals surface area contributed by atoms with Crippen molar-refractivity contribution >= 4 is 21.8 Å². The first-order valence-corrected chi connectivity index (χ1v) is 15.1. The SMILES string of the molecule is Cc1ccnc(-n2c3[c-]c(Oc4[c-]c(-n5cc(-c6c(C)ccc(CC(C)C)c6C)cn5)ccc4)ccc3c3ccccc32)c1.[Pt+2]. The van der Waals surface area contributed by atoms with Crippen LogP contribution in [-0.4, -0.2) is 19.3 Å². The molecule has 3 aromatic heterocycles. The van der Waals surface area contributed by atoms with Gasteiger partial charge in [0, 0.05) is 35.0 Å². The number of hydrogen-bond acceptors (Lipinski definition) is 3.